The molecule has 2 aromatic heterocycles. The number of halogens is 1. The van der Waals surface area contributed by atoms with Crippen LogP contribution in [0.2, 0.25) is 5.02 Å². The van der Waals surface area contributed by atoms with Gasteiger partial charge in [0.25, 0.3) is 5.91 Å². The second-order valence-corrected chi connectivity index (χ2v) is 8.37. The Morgan fingerprint density at radius 1 is 1.16 bits per heavy atom. The van der Waals surface area contributed by atoms with Crippen LogP contribution in [0.5, 0.6) is 17.2 Å². The number of nitrogen functional groups attached to an aromatic ring is 1. The summed E-state index contributed by atoms with van der Waals surface area (Å²) in [5.41, 5.74) is 14.2. The molecule has 10 heteroatoms. The lowest BCUT2D eigenvalue weighted by molar-refractivity contribution is 0.0998. The Bertz CT molecular complexity index is 1320. The Morgan fingerprint density at radius 2 is 1.88 bits per heavy atom. The number of carbonyl (C=O) groups is 1. The Kier molecular flexibility index (Phi) is 5.86. The zero-order valence-corrected chi connectivity index (χ0v) is 19.2. The Labute approximate surface area is 193 Å². The van der Waals surface area contributed by atoms with E-state index >= 15 is 0 Å². The maximum Gasteiger partial charge on any atom is 0.262 e. The molecule has 32 heavy (non-hydrogen) atoms. The molecule has 0 radical (unpaired) electrons. The van der Waals surface area contributed by atoms with Gasteiger partial charge in [-0.3, -0.25) is 9.36 Å². The highest BCUT2D eigenvalue weighted by Crippen LogP contribution is 2.39. The quantitative estimate of drug-likeness (QED) is 0.380. The molecule has 0 aliphatic carbocycles. The van der Waals surface area contributed by atoms with Gasteiger partial charge < -0.3 is 25.7 Å². The summed E-state index contributed by atoms with van der Waals surface area (Å²) < 4.78 is 18.7. The van der Waals surface area contributed by atoms with Crippen molar-refractivity contribution < 1.29 is 19.0 Å². The highest BCUT2D eigenvalue weighted by molar-refractivity contribution is 7.16. The van der Waals surface area contributed by atoms with Gasteiger partial charge in [0.1, 0.15) is 28.1 Å². The van der Waals surface area contributed by atoms with Crippen LogP contribution < -0.4 is 25.7 Å². The fourth-order valence-corrected chi connectivity index (χ4v) is 4.59. The maximum absolute atomic E-state index is 12.1. The van der Waals surface area contributed by atoms with Crippen LogP contribution in [-0.4, -0.2) is 29.7 Å². The van der Waals surface area contributed by atoms with Crippen LogP contribution in [0.4, 0.5) is 5.69 Å². The third-order valence-electron chi connectivity index (χ3n) is 5.00. The maximum atomic E-state index is 12.1. The standard InChI is InChI=1S/C22H21ClN4O4S/c1-11(12-5-4-6-13(24)20(12)23)31-18-9-19(32-21(18)22(25)28)27-10-26-14-7-16(29-2)17(30-3)8-15(14)27/h4-11H,24H2,1-3H3,(H2,25,28)/t11-/m1/s1. The number of benzene rings is 2. The van der Waals surface area contributed by atoms with E-state index in [-0.39, 0.29) is 4.88 Å². The Morgan fingerprint density at radius 3 is 2.56 bits per heavy atom. The summed E-state index contributed by atoms with van der Waals surface area (Å²) in [5.74, 6) is 0.901. The van der Waals surface area contributed by atoms with Crippen molar-refractivity contribution in [1.82, 2.24) is 9.55 Å². The van der Waals surface area contributed by atoms with E-state index in [1.165, 1.54) is 11.3 Å². The number of hydrogen-bond donors (Lipinski definition) is 2. The smallest absolute Gasteiger partial charge is 0.262 e. The molecule has 2 heterocycles. The van der Waals surface area contributed by atoms with E-state index in [0.29, 0.717) is 44.0 Å². The van der Waals surface area contributed by atoms with E-state index in [1.807, 2.05) is 23.6 Å². The van der Waals surface area contributed by atoms with Crippen LogP contribution in [0.15, 0.2) is 42.7 Å². The number of rotatable bonds is 7. The van der Waals surface area contributed by atoms with E-state index in [2.05, 4.69) is 4.98 Å². The van der Waals surface area contributed by atoms with Gasteiger partial charge in [0.05, 0.1) is 36.0 Å². The van der Waals surface area contributed by atoms with Crippen LogP contribution in [0.1, 0.15) is 28.3 Å². The number of imidazole rings is 1. The highest BCUT2D eigenvalue weighted by Gasteiger charge is 2.22. The number of nitrogens with two attached hydrogens (primary N) is 2. The lowest BCUT2D eigenvalue weighted by atomic mass is 10.1. The molecule has 0 aliphatic rings. The summed E-state index contributed by atoms with van der Waals surface area (Å²) in [7, 11) is 3.13. The van der Waals surface area contributed by atoms with Gasteiger partial charge >= 0.3 is 0 Å². The van der Waals surface area contributed by atoms with E-state index < -0.39 is 12.0 Å². The average Bonchev–Trinajstić information content (AvgIpc) is 3.38. The number of fused-ring (bicyclic) bond motifs is 1. The Balaban J connectivity index is 1.75. The number of amides is 1. The van der Waals surface area contributed by atoms with Crippen LogP contribution in [0.3, 0.4) is 0 Å². The van der Waals surface area contributed by atoms with Gasteiger partial charge in [-0.2, -0.15) is 0 Å². The zero-order valence-electron chi connectivity index (χ0n) is 17.6. The predicted octanol–water partition coefficient (Wildman–Crippen LogP) is 4.58. The van der Waals surface area contributed by atoms with E-state index in [4.69, 9.17) is 37.3 Å². The number of nitrogens with zero attached hydrogens (tertiary/aromatic N) is 2. The first-order chi connectivity index (χ1) is 15.3. The lowest BCUT2D eigenvalue weighted by Gasteiger charge is -2.17. The number of aromatic nitrogens is 2. The normalized spacial score (nSPS) is 12.0. The SMILES string of the molecule is COc1cc2ncn(-c3cc(O[C@H](C)c4cccc(N)c4Cl)c(C(N)=O)s3)c2cc1OC. The first-order valence-electron chi connectivity index (χ1n) is 9.57. The van der Waals surface area contributed by atoms with Crippen molar-refractivity contribution in [2.24, 2.45) is 5.73 Å². The number of methoxy groups -OCH3 is 2. The van der Waals surface area contributed by atoms with Crippen molar-refractivity contribution >= 4 is 45.6 Å². The minimum atomic E-state index is -0.592. The molecule has 166 valence electrons. The van der Waals surface area contributed by atoms with Crippen molar-refractivity contribution in [3.8, 4) is 22.2 Å². The second kappa shape index (κ2) is 8.60. The van der Waals surface area contributed by atoms with Crippen LogP contribution in [0.25, 0.3) is 16.0 Å². The average molecular weight is 473 g/mol. The topological polar surface area (TPSA) is 115 Å². The summed E-state index contributed by atoms with van der Waals surface area (Å²) in [6.07, 6.45) is 1.19. The molecule has 8 nitrogen and oxygen atoms in total. The monoisotopic (exact) mass is 472 g/mol. The van der Waals surface area contributed by atoms with Gasteiger partial charge in [0, 0.05) is 23.8 Å². The fraction of sp³-hybridized carbons (Fsp3) is 0.182. The van der Waals surface area contributed by atoms with Gasteiger partial charge in [-0.25, -0.2) is 4.98 Å². The molecule has 4 aromatic rings. The van der Waals surface area contributed by atoms with Crippen LogP contribution in [-0.2, 0) is 0 Å². The molecule has 0 spiro atoms. The lowest BCUT2D eigenvalue weighted by Crippen LogP contribution is -2.12. The van der Waals surface area contributed by atoms with Gasteiger partial charge in [-0.15, -0.1) is 11.3 Å². The number of thiophene rings is 1. The van der Waals surface area contributed by atoms with E-state index in [0.717, 1.165) is 5.52 Å². The summed E-state index contributed by atoms with van der Waals surface area (Å²) in [6, 6.07) is 10.7. The summed E-state index contributed by atoms with van der Waals surface area (Å²) in [5, 5.41) is 1.12. The highest BCUT2D eigenvalue weighted by atomic mass is 35.5. The third kappa shape index (κ3) is 3.80. The number of ether oxygens (including phenoxy) is 3. The Hall–Kier alpha value is -3.43. The molecule has 0 fully saturated rings. The van der Waals surface area contributed by atoms with Crippen molar-refractivity contribution in [3.63, 3.8) is 0 Å². The molecule has 4 N–H and O–H groups in total. The van der Waals surface area contributed by atoms with E-state index in [1.54, 1.807) is 44.8 Å². The first-order valence-corrected chi connectivity index (χ1v) is 10.8. The second-order valence-electron chi connectivity index (χ2n) is 6.96. The summed E-state index contributed by atoms with van der Waals surface area (Å²) >= 11 is 7.53. The molecule has 2 aromatic carbocycles. The number of primary amides is 1. The predicted molar refractivity (Wildman–Crippen MR) is 125 cm³/mol. The molecular formula is C22H21ClN4O4S. The molecule has 0 aliphatic heterocycles. The largest absolute Gasteiger partial charge is 0.493 e. The molecular weight excluding hydrogens is 452 g/mol. The van der Waals surface area contributed by atoms with Gasteiger partial charge in [0.15, 0.2) is 11.5 Å². The zero-order chi connectivity index (χ0) is 23.0. The molecule has 0 bridgehead atoms. The van der Waals surface area contributed by atoms with Crippen molar-refractivity contribution in [1.29, 1.82) is 0 Å². The number of hydrogen-bond acceptors (Lipinski definition) is 7. The van der Waals surface area contributed by atoms with Crippen LogP contribution in [0, 0.1) is 0 Å². The number of carbonyl (C=O) groups excluding carboxylic acids is 1. The third-order valence-corrected chi connectivity index (χ3v) is 6.57. The molecule has 0 saturated heterocycles. The van der Waals surface area contributed by atoms with Gasteiger partial charge in [-0.1, -0.05) is 23.7 Å². The van der Waals surface area contributed by atoms with Gasteiger partial charge in [0.2, 0.25) is 0 Å². The molecule has 4 rings (SSSR count). The van der Waals surface area contributed by atoms with Gasteiger partial charge in [-0.05, 0) is 13.0 Å². The van der Waals surface area contributed by atoms with Crippen LogP contribution >= 0.6 is 22.9 Å². The molecule has 1 amide bonds. The van der Waals surface area contributed by atoms with Crippen molar-refractivity contribution in [3.05, 3.63) is 58.2 Å². The minimum Gasteiger partial charge on any atom is -0.493 e. The number of anilines is 1. The fourth-order valence-electron chi connectivity index (χ4n) is 3.39. The molecule has 1 atom stereocenters. The summed E-state index contributed by atoms with van der Waals surface area (Å²) in [4.78, 5) is 16.9. The van der Waals surface area contributed by atoms with Crippen molar-refractivity contribution in [2.75, 3.05) is 20.0 Å². The van der Waals surface area contributed by atoms with Crippen molar-refractivity contribution in [2.45, 2.75) is 13.0 Å². The summed E-state index contributed by atoms with van der Waals surface area (Å²) in [6.45, 7) is 1.83. The van der Waals surface area contributed by atoms with E-state index in [9.17, 15) is 4.79 Å². The molecule has 0 saturated carbocycles. The minimum absolute atomic E-state index is 0.286. The first kappa shape index (κ1) is 21.8. The molecule has 0 unspecified atom stereocenters.